The number of aromatic hydroxyl groups is 1. The number of hydrogen-bond acceptors (Lipinski definition) is 2. The SMILES string of the molecule is Cc1ccc([C@H](C)CCCC(C)(C)O)cc1O. The molecule has 0 saturated heterocycles. The number of phenols is 1. The molecule has 0 unspecified atom stereocenters. The third kappa shape index (κ3) is 4.78. The zero-order chi connectivity index (χ0) is 13.1. The van der Waals surface area contributed by atoms with E-state index in [2.05, 4.69) is 13.0 Å². The van der Waals surface area contributed by atoms with E-state index in [-0.39, 0.29) is 0 Å². The fourth-order valence-electron chi connectivity index (χ4n) is 1.94. The van der Waals surface area contributed by atoms with Crippen LogP contribution in [-0.4, -0.2) is 15.8 Å². The average Bonchev–Trinajstić information content (AvgIpc) is 2.20. The van der Waals surface area contributed by atoms with Gasteiger partial charge in [-0.05, 0) is 56.7 Å². The van der Waals surface area contributed by atoms with Crippen molar-refractivity contribution >= 4 is 0 Å². The van der Waals surface area contributed by atoms with E-state index in [1.54, 1.807) is 0 Å². The van der Waals surface area contributed by atoms with Gasteiger partial charge in [-0.25, -0.2) is 0 Å². The van der Waals surface area contributed by atoms with Crippen LogP contribution in [0.25, 0.3) is 0 Å². The van der Waals surface area contributed by atoms with Crippen molar-refractivity contribution in [3.8, 4) is 5.75 Å². The lowest BCUT2D eigenvalue weighted by Crippen LogP contribution is -2.18. The Hall–Kier alpha value is -1.02. The number of rotatable bonds is 5. The van der Waals surface area contributed by atoms with E-state index >= 15 is 0 Å². The quantitative estimate of drug-likeness (QED) is 0.817. The lowest BCUT2D eigenvalue weighted by Gasteiger charge is -2.18. The fraction of sp³-hybridized carbons (Fsp3) is 0.600. The van der Waals surface area contributed by atoms with Crippen molar-refractivity contribution < 1.29 is 10.2 Å². The highest BCUT2D eigenvalue weighted by atomic mass is 16.3. The van der Waals surface area contributed by atoms with Crippen molar-refractivity contribution in [3.05, 3.63) is 29.3 Å². The van der Waals surface area contributed by atoms with Gasteiger partial charge in [-0.1, -0.05) is 25.5 Å². The zero-order valence-corrected chi connectivity index (χ0v) is 11.3. The van der Waals surface area contributed by atoms with Crippen LogP contribution in [0, 0.1) is 6.92 Å². The van der Waals surface area contributed by atoms with Crippen LogP contribution in [0.5, 0.6) is 5.75 Å². The Kier molecular flexibility index (Phi) is 4.58. The van der Waals surface area contributed by atoms with Gasteiger partial charge in [-0.2, -0.15) is 0 Å². The van der Waals surface area contributed by atoms with Crippen LogP contribution in [0.4, 0.5) is 0 Å². The summed E-state index contributed by atoms with van der Waals surface area (Å²) >= 11 is 0. The predicted molar refractivity (Wildman–Crippen MR) is 71.4 cm³/mol. The predicted octanol–water partition coefficient (Wildman–Crippen LogP) is 3.75. The smallest absolute Gasteiger partial charge is 0.118 e. The molecule has 0 aliphatic heterocycles. The van der Waals surface area contributed by atoms with Crippen molar-refractivity contribution in [1.29, 1.82) is 0 Å². The first-order valence-electron chi connectivity index (χ1n) is 6.31. The minimum Gasteiger partial charge on any atom is -0.508 e. The standard InChI is InChI=1S/C15H24O2/c1-11(6-5-9-15(3,4)17)13-8-7-12(2)14(16)10-13/h7-8,10-11,16-17H,5-6,9H2,1-4H3/t11-/m1/s1. The maximum absolute atomic E-state index is 9.66. The Bertz CT molecular complexity index is 364. The van der Waals surface area contributed by atoms with Crippen LogP contribution < -0.4 is 0 Å². The van der Waals surface area contributed by atoms with Crippen molar-refractivity contribution in [3.63, 3.8) is 0 Å². The molecule has 2 N–H and O–H groups in total. The normalized spacial score (nSPS) is 13.7. The molecule has 0 fully saturated rings. The second kappa shape index (κ2) is 5.54. The van der Waals surface area contributed by atoms with Gasteiger partial charge in [-0.3, -0.25) is 0 Å². The van der Waals surface area contributed by atoms with Crippen molar-refractivity contribution in [1.82, 2.24) is 0 Å². The van der Waals surface area contributed by atoms with E-state index in [1.807, 2.05) is 32.9 Å². The first-order valence-corrected chi connectivity index (χ1v) is 6.31. The summed E-state index contributed by atoms with van der Waals surface area (Å²) in [5.41, 5.74) is 1.51. The van der Waals surface area contributed by atoms with Crippen LogP contribution >= 0.6 is 0 Å². The molecule has 0 aliphatic rings. The van der Waals surface area contributed by atoms with Gasteiger partial charge in [0.2, 0.25) is 0 Å². The van der Waals surface area contributed by atoms with Crippen LogP contribution in [-0.2, 0) is 0 Å². The first kappa shape index (κ1) is 14.0. The molecular formula is C15H24O2. The van der Waals surface area contributed by atoms with E-state index in [0.29, 0.717) is 11.7 Å². The summed E-state index contributed by atoms with van der Waals surface area (Å²) in [5.74, 6) is 0.792. The highest BCUT2D eigenvalue weighted by molar-refractivity contribution is 5.36. The Morgan fingerprint density at radius 2 is 1.94 bits per heavy atom. The average molecular weight is 236 g/mol. The highest BCUT2D eigenvalue weighted by Crippen LogP contribution is 2.27. The molecule has 2 nitrogen and oxygen atoms in total. The summed E-state index contributed by atoms with van der Waals surface area (Å²) in [6.45, 7) is 7.75. The Balaban J connectivity index is 2.52. The second-order valence-corrected chi connectivity index (χ2v) is 5.65. The molecule has 1 aromatic carbocycles. The molecule has 0 spiro atoms. The van der Waals surface area contributed by atoms with E-state index in [0.717, 1.165) is 24.8 Å². The molecule has 0 saturated carbocycles. The summed E-state index contributed by atoms with van der Waals surface area (Å²) in [7, 11) is 0. The second-order valence-electron chi connectivity index (χ2n) is 5.65. The van der Waals surface area contributed by atoms with Crippen LogP contribution in [0.3, 0.4) is 0 Å². The number of hydrogen-bond donors (Lipinski definition) is 2. The van der Waals surface area contributed by atoms with Gasteiger partial charge in [0, 0.05) is 0 Å². The number of aryl methyl sites for hydroxylation is 1. The molecule has 0 amide bonds. The lowest BCUT2D eigenvalue weighted by molar-refractivity contribution is 0.0678. The minimum absolute atomic E-state index is 0.372. The molecule has 0 bridgehead atoms. The molecule has 96 valence electrons. The molecule has 1 aromatic rings. The summed E-state index contributed by atoms with van der Waals surface area (Å²) in [5, 5.41) is 19.3. The molecule has 0 radical (unpaired) electrons. The maximum Gasteiger partial charge on any atom is 0.118 e. The van der Waals surface area contributed by atoms with Gasteiger partial charge in [0.05, 0.1) is 5.60 Å². The Morgan fingerprint density at radius 3 is 2.47 bits per heavy atom. The van der Waals surface area contributed by atoms with Crippen molar-refractivity contribution in [2.45, 2.75) is 58.5 Å². The Labute approximate surface area is 104 Å². The van der Waals surface area contributed by atoms with Crippen LogP contribution in [0.1, 0.15) is 57.1 Å². The summed E-state index contributed by atoms with van der Waals surface area (Å²) < 4.78 is 0. The number of aliphatic hydroxyl groups is 1. The van der Waals surface area contributed by atoms with E-state index in [4.69, 9.17) is 0 Å². The molecule has 0 aromatic heterocycles. The molecule has 0 heterocycles. The monoisotopic (exact) mass is 236 g/mol. The highest BCUT2D eigenvalue weighted by Gasteiger charge is 2.13. The Morgan fingerprint density at radius 1 is 1.29 bits per heavy atom. The zero-order valence-electron chi connectivity index (χ0n) is 11.3. The van der Waals surface area contributed by atoms with Gasteiger partial charge in [-0.15, -0.1) is 0 Å². The van der Waals surface area contributed by atoms with Crippen molar-refractivity contribution in [2.75, 3.05) is 0 Å². The van der Waals surface area contributed by atoms with Crippen molar-refractivity contribution in [2.24, 2.45) is 0 Å². The molecule has 1 atom stereocenters. The third-order valence-corrected chi connectivity index (χ3v) is 3.23. The van der Waals surface area contributed by atoms with Crippen LogP contribution in [0.2, 0.25) is 0 Å². The molecule has 0 aliphatic carbocycles. The molecule has 1 rings (SSSR count). The maximum atomic E-state index is 9.66. The summed E-state index contributed by atoms with van der Waals surface area (Å²) in [6, 6.07) is 5.88. The van der Waals surface area contributed by atoms with Crippen LogP contribution in [0.15, 0.2) is 18.2 Å². The largest absolute Gasteiger partial charge is 0.508 e. The van der Waals surface area contributed by atoms with Gasteiger partial charge in [0.15, 0.2) is 0 Å². The van der Waals surface area contributed by atoms with E-state index in [1.165, 1.54) is 5.56 Å². The third-order valence-electron chi connectivity index (χ3n) is 3.23. The lowest BCUT2D eigenvalue weighted by atomic mass is 9.92. The number of benzene rings is 1. The molecule has 2 heteroatoms. The molecular weight excluding hydrogens is 212 g/mol. The van der Waals surface area contributed by atoms with E-state index in [9.17, 15) is 10.2 Å². The van der Waals surface area contributed by atoms with E-state index < -0.39 is 5.60 Å². The topological polar surface area (TPSA) is 40.5 Å². The summed E-state index contributed by atoms with van der Waals surface area (Å²) in [6.07, 6.45) is 2.85. The minimum atomic E-state index is -0.574. The van der Waals surface area contributed by atoms with Gasteiger partial charge in [0.1, 0.15) is 5.75 Å². The van der Waals surface area contributed by atoms with Gasteiger partial charge < -0.3 is 10.2 Å². The van der Waals surface area contributed by atoms with Gasteiger partial charge in [0.25, 0.3) is 0 Å². The number of phenolic OH excluding ortho intramolecular Hbond substituents is 1. The fourth-order valence-corrected chi connectivity index (χ4v) is 1.94. The summed E-state index contributed by atoms with van der Waals surface area (Å²) in [4.78, 5) is 0. The van der Waals surface area contributed by atoms with Gasteiger partial charge >= 0.3 is 0 Å². The molecule has 17 heavy (non-hydrogen) atoms. The first-order chi connectivity index (χ1) is 7.79.